The quantitative estimate of drug-likeness (QED) is 0.372. The minimum atomic E-state index is -0.360. The summed E-state index contributed by atoms with van der Waals surface area (Å²) in [7, 11) is 2.60. The standard InChI is InChI=1S/C8H17O2P/c1-8(2,3)7(9)10-5-4-6-11/h4-6,11H2,1-3H3. The molecule has 0 saturated carbocycles. The number of esters is 1. The molecule has 11 heavy (non-hydrogen) atoms. The van der Waals surface area contributed by atoms with Crippen molar-refractivity contribution in [3.05, 3.63) is 0 Å². The number of carbonyl (C=O) groups excluding carboxylic acids is 1. The third-order valence-electron chi connectivity index (χ3n) is 1.19. The molecule has 0 aromatic rings. The number of hydrogen-bond donors (Lipinski definition) is 0. The van der Waals surface area contributed by atoms with Crippen molar-refractivity contribution < 1.29 is 9.53 Å². The Labute approximate surface area is 70.9 Å². The van der Waals surface area contributed by atoms with Gasteiger partial charge in [-0.05, 0) is 33.4 Å². The van der Waals surface area contributed by atoms with Crippen LogP contribution in [0.5, 0.6) is 0 Å². The summed E-state index contributed by atoms with van der Waals surface area (Å²) >= 11 is 0. The zero-order valence-corrected chi connectivity index (χ0v) is 8.67. The molecule has 66 valence electrons. The van der Waals surface area contributed by atoms with Gasteiger partial charge in [-0.25, -0.2) is 0 Å². The molecule has 0 amide bonds. The van der Waals surface area contributed by atoms with E-state index in [1.807, 2.05) is 20.8 Å². The Morgan fingerprint density at radius 2 is 2.00 bits per heavy atom. The van der Waals surface area contributed by atoms with E-state index in [0.29, 0.717) is 6.61 Å². The highest BCUT2D eigenvalue weighted by molar-refractivity contribution is 7.16. The highest BCUT2D eigenvalue weighted by Gasteiger charge is 2.22. The van der Waals surface area contributed by atoms with Crippen molar-refractivity contribution in [2.24, 2.45) is 5.41 Å². The van der Waals surface area contributed by atoms with Gasteiger partial charge in [0.05, 0.1) is 12.0 Å². The van der Waals surface area contributed by atoms with Crippen LogP contribution >= 0.6 is 9.24 Å². The fourth-order valence-electron chi connectivity index (χ4n) is 0.465. The van der Waals surface area contributed by atoms with E-state index in [-0.39, 0.29) is 11.4 Å². The van der Waals surface area contributed by atoms with Crippen molar-refractivity contribution in [1.82, 2.24) is 0 Å². The zero-order valence-electron chi connectivity index (χ0n) is 7.52. The maximum Gasteiger partial charge on any atom is 0.311 e. The third kappa shape index (κ3) is 5.20. The summed E-state index contributed by atoms with van der Waals surface area (Å²) in [6, 6.07) is 0. The molecule has 0 saturated heterocycles. The van der Waals surface area contributed by atoms with Gasteiger partial charge in [-0.2, -0.15) is 0 Å². The summed E-state index contributed by atoms with van der Waals surface area (Å²) in [5.41, 5.74) is -0.360. The van der Waals surface area contributed by atoms with Crippen molar-refractivity contribution in [3.8, 4) is 0 Å². The van der Waals surface area contributed by atoms with E-state index in [1.54, 1.807) is 0 Å². The van der Waals surface area contributed by atoms with Gasteiger partial charge in [-0.15, -0.1) is 9.24 Å². The van der Waals surface area contributed by atoms with Crippen LogP contribution < -0.4 is 0 Å². The summed E-state index contributed by atoms with van der Waals surface area (Å²) < 4.78 is 4.99. The lowest BCUT2D eigenvalue weighted by molar-refractivity contribution is -0.152. The molecule has 0 aliphatic rings. The molecule has 1 atom stereocenters. The molecule has 0 fully saturated rings. The fraction of sp³-hybridized carbons (Fsp3) is 0.875. The molecule has 0 radical (unpaired) electrons. The molecule has 3 heteroatoms. The number of ether oxygens (including phenoxy) is 1. The average molecular weight is 176 g/mol. The lowest BCUT2D eigenvalue weighted by Gasteiger charge is -2.15. The largest absolute Gasteiger partial charge is 0.465 e. The minimum Gasteiger partial charge on any atom is -0.465 e. The van der Waals surface area contributed by atoms with E-state index in [0.717, 1.165) is 12.6 Å². The molecule has 0 spiro atoms. The van der Waals surface area contributed by atoms with Crippen molar-refractivity contribution in [3.63, 3.8) is 0 Å². The van der Waals surface area contributed by atoms with Crippen LogP contribution in [0.2, 0.25) is 0 Å². The van der Waals surface area contributed by atoms with Gasteiger partial charge in [0.25, 0.3) is 0 Å². The second-order valence-corrected chi connectivity index (χ2v) is 4.11. The average Bonchev–Trinajstić information content (AvgIpc) is 1.86. The number of hydrogen-bond acceptors (Lipinski definition) is 2. The molecule has 1 unspecified atom stereocenters. The zero-order chi connectivity index (χ0) is 8.91. The van der Waals surface area contributed by atoms with Gasteiger partial charge in [0, 0.05) is 0 Å². The van der Waals surface area contributed by atoms with Gasteiger partial charge in [0.15, 0.2) is 0 Å². The number of rotatable bonds is 3. The lowest BCUT2D eigenvalue weighted by atomic mass is 9.97. The number of carbonyl (C=O) groups is 1. The van der Waals surface area contributed by atoms with Gasteiger partial charge in [-0.3, -0.25) is 4.79 Å². The van der Waals surface area contributed by atoms with Gasteiger partial charge < -0.3 is 4.74 Å². The van der Waals surface area contributed by atoms with E-state index < -0.39 is 0 Å². The van der Waals surface area contributed by atoms with Crippen LogP contribution in [0.15, 0.2) is 0 Å². The molecule has 0 bridgehead atoms. The highest BCUT2D eigenvalue weighted by atomic mass is 31.0. The van der Waals surface area contributed by atoms with E-state index in [1.165, 1.54) is 0 Å². The maximum absolute atomic E-state index is 11.1. The first-order valence-electron chi connectivity index (χ1n) is 3.86. The van der Waals surface area contributed by atoms with Crippen molar-refractivity contribution in [2.75, 3.05) is 12.8 Å². The Kier molecular flexibility index (Phi) is 4.67. The molecule has 0 N–H and O–H groups in total. The minimum absolute atomic E-state index is 0.115. The summed E-state index contributed by atoms with van der Waals surface area (Å²) in [6.07, 6.45) is 1.91. The first-order valence-corrected chi connectivity index (χ1v) is 4.67. The van der Waals surface area contributed by atoms with Crippen molar-refractivity contribution in [1.29, 1.82) is 0 Å². The molecular formula is C8H17O2P. The fourth-order valence-corrected chi connectivity index (χ4v) is 0.631. The van der Waals surface area contributed by atoms with Crippen LogP contribution in [0, 0.1) is 5.41 Å². The summed E-state index contributed by atoms with van der Waals surface area (Å²) in [5.74, 6) is -0.115. The van der Waals surface area contributed by atoms with Gasteiger partial charge in [0.2, 0.25) is 0 Å². The Morgan fingerprint density at radius 1 is 1.45 bits per heavy atom. The highest BCUT2D eigenvalue weighted by Crippen LogP contribution is 2.14. The van der Waals surface area contributed by atoms with E-state index >= 15 is 0 Å². The molecule has 0 heterocycles. The van der Waals surface area contributed by atoms with Crippen molar-refractivity contribution in [2.45, 2.75) is 27.2 Å². The predicted molar refractivity (Wildman–Crippen MR) is 49.6 cm³/mol. The Morgan fingerprint density at radius 3 is 2.36 bits per heavy atom. The monoisotopic (exact) mass is 176 g/mol. The normalized spacial score (nSPS) is 11.3. The smallest absolute Gasteiger partial charge is 0.311 e. The van der Waals surface area contributed by atoms with Crippen molar-refractivity contribution >= 4 is 15.2 Å². The molecule has 0 aliphatic carbocycles. The molecule has 0 rings (SSSR count). The second kappa shape index (κ2) is 4.71. The van der Waals surface area contributed by atoms with Crippen LogP contribution in [0.4, 0.5) is 0 Å². The molecule has 0 aromatic carbocycles. The molecular weight excluding hydrogens is 159 g/mol. The Balaban J connectivity index is 3.54. The molecule has 0 aromatic heterocycles. The Bertz CT molecular complexity index is 127. The van der Waals surface area contributed by atoms with Gasteiger partial charge in [0.1, 0.15) is 0 Å². The van der Waals surface area contributed by atoms with Crippen LogP contribution in [0.3, 0.4) is 0 Å². The van der Waals surface area contributed by atoms with Crippen LogP contribution in [0.25, 0.3) is 0 Å². The third-order valence-corrected chi connectivity index (χ3v) is 1.60. The van der Waals surface area contributed by atoms with Crippen LogP contribution in [0.1, 0.15) is 27.2 Å². The molecule has 0 aliphatic heterocycles. The molecule has 2 nitrogen and oxygen atoms in total. The first kappa shape index (κ1) is 10.9. The lowest BCUT2D eigenvalue weighted by Crippen LogP contribution is -2.23. The Hall–Kier alpha value is -0.100. The van der Waals surface area contributed by atoms with E-state index in [2.05, 4.69) is 9.24 Å². The second-order valence-electron chi connectivity index (χ2n) is 3.53. The first-order chi connectivity index (χ1) is 4.98. The van der Waals surface area contributed by atoms with Crippen LogP contribution in [-0.2, 0) is 9.53 Å². The summed E-state index contributed by atoms with van der Waals surface area (Å²) in [5, 5.41) is 0. The van der Waals surface area contributed by atoms with Gasteiger partial charge >= 0.3 is 5.97 Å². The van der Waals surface area contributed by atoms with Crippen LogP contribution in [-0.4, -0.2) is 18.7 Å². The maximum atomic E-state index is 11.1. The van der Waals surface area contributed by atoms with E-state index in [4.69, 9.17) is 4.74 Å². The van der Waals surface area contributed by atoms with E-state index in [9.17, 15) is 4.79 Å². The van der Waals surface area contributed by atoms with Gasteiger partial charge in [-0.1, -0.05) is 0 Å². The summed E-state index contributed by atoms with van der Waals surface area (Å²) in [4.78, 5) is 11.1. The predicted octanol–water partition coefficient (Wildman–Crippen LogP) is 1.84. The SMILES string of the molecule is CC(C)(C)C(=O)OCCCP. The topological polar surface area (TPSA) is 26.3 Å². The summed E-state index contributed by atoms with van der Waals surface area (Å²) in [6.45, 7) is 6.11.